The van der Waals surface area contributed by atoms with Gasteiger partial charge in [-0.3, -0.25) is 0 Å². The molecule has 1 fully saturated rings. The Balaban J connectivity index is 2.34. The zero-order valence-electron chi connectivity index (χ0n) is 14.7. The maximum atomic E-state index is 3.82. The first-order valence-electron chi connectivity index (χ1n) is 9.63. The average Bonchev–Trinajstić information content (AvgIpc) is 2.49. The quantitative estimate of drug-likeness (QED) is 0.346. The van der Waals surface area contributed by atoms with Crippen LogP contribution in [-0.4, -0.2) is 13.1 Å². The van der Waals surface area contributed by atoms with E-state index in [2.05, 4.69) is 31.8 Å². The summed E-state index contributed by atoms with van der Waals surface area (Å²) in [7, 11) is 0. The zero-order valence-corrected chi connectivity index (χ0v) is 14.7. The predicted molar refractivity (Wildman–Crippen MR) is 95.7 cm³/mol. The van der Waals surface area contributed by atoms with Crippen molar-refractivity contribution >= 4 is 0 Å². The first kappa shape index (κ1) is 18.7. The molecule has 1 heteroatoms. The third-order valence-corrected chi connectivity index (χ3v) is 5.26. The summed E-state index contributed by atoms with van der Waals surface area (Å²) in [5, 5.41) is 3.68. The summed E-state index contributed by atoms with van der Waals surface area (Å²) in [6.07, 6.45) is 17.5. The van der Waals surface area contributed by atoms with E-state index in [-0.39, 0.29) is 0 Å². The fourth-order valence-electron chi connectivity index (χ4n) is 4.05. The molecule has 21 heavy (non-hydrogen) atoms. The lowest BCUT2D eigenvalue weighted by atomic mass is 9.71. The molecule has 0 bridgehead atoms. The van der Waals surface area contributed by atoms with Gasteiger partial charge in [-0.1, -0.05) is 58.4 Å². The van der Waals surface area contributed by atoms with Crippen LogP contribution in [0.5, 0.6) is 0 Å². The molecule has 0 saturated heterocycles. The van der Waals surface area contributed by atoms with Crippen molar-refractivity contribution in [3.8, 4) is 0 Å². The molecular weight excluding hydrogens is 254 g/mol. The molecule has 0 radical (unpaired) electrons. The molecule has 0 aromatic carbocycles. The Morgan fingerprint density at radius 1 is 1.00 bits per heavy atom. The second-order valence-electron chi connectivity index (χ2n) is 7.12. The van der Waals surface area contributed by atoms with E-state index in [0.29, 0.717) is 0 Å². The van der Waals surface area contributed by atoms with E-state index >= 15 is 0 Å². The van der Waals surface area contributed by atoms with Crippen molar-refractivity contribution in [3.05, 3.63) is 12.7 Å². The summed E-state index contributed by atoms with van der Waals surface area (Å²) in [6, 6.07) is 0. The molecule has 3 atom stereocenters. The minimum atomic E-state index is 0.948. The highest BCUT2D eigenvalue weighted by atomic mass is 14.9. The molecule has 3 unspecified atom stereocenters. The Morgan fingerprint density at radius 3 is 2.57 bits per heavy atom. The normalized spacial score (nSPS) is 25.9. The monoisotopic (exact) mass is 293 g/mol. The van der Waals surface area contributed by atoms with Gasteiger partial charge in [0.15, 0.2) is 0 Å². The van der Waals surface area contributed by atoms with Crippen LogP contribution in [0.2, 0.25) is 0 Å². The van der Waals surface area contributed by atoms with Crippen LogP contribution in [0.15, 0.2) is 12.7 Å². The van der Waals surface area contributed by atoms with Gasteiger partial charge in [0.1, 0.15) is 0 Å². The van der Waals surface area contributed by atoms with Crippen LogP contribution in [0.1, 0.15) is 84.5 Å². The molecule has 1 N–H and O–H groups in total. The van der Waals surface area contributed by atoms with Crippen LogP contribution in [0, 0.1) is 17.8 Å². The molecular formula is C20H39N. The highest BCUT2D eigenvalue weighted by Gasteiger charge is 2.29. The van der Waals surface area contributed by atoms with Gasteiger partial charge in [0, 0.05) is 0 Å². The Bertz CT molecular complexity index is 248. The second-order valence-corrected chi connectivity index (χ2v) is 7.12. The lowest BCUT2D eigenvalue weighted by Gasteiger charge is -2.36. The highest BCUT2D eigenvalue weighted by Crippen LogP contribution is 2.38. The van der Waals surface area contributed by atoms with Crippen molar-refractivity contribution in [2.75, 3.05) is 13.1 Å². The standard InChI is InChI=1S/C20H39N/c1-4-7-8-9-10-12-19-16-18(11-5-2)13-14-20(19)17-21-15-6-3/h4,18-21H,1,5-17H2,2-3H3. The first-order chi connectivity index (χ1) is 10.3. The Kier molecular flexibility index (Phi) is 10.9. The lowest BCUT2D eigenvalue weighted by molar-refractivity contribution is 0.156. The molecule has 1 aliphatic rings. The summed E-state index contributed by atoms with van der Waals surface area (Å²) >= 11 is 0. The first-order valence-corrected chi connectivity index (χ1v) is 9.63. The third kappa shape index (κ3) is 8.04. The molecule has 0 heterocycles. The molecule has 1 nitrogen and oxygen atoms in total. The van der Waals surface area contributed by atoms with Crippen molar-refractivity contribution in [2.24, 2.45) is 17.8 Å². The summed E-state index contributed by atoms with van der Waals surface area (Å²) < 4.78 is 0. The van der Waals surface area contributed by atoms with E-state index in [9.17, 15) is 0 Å². The molecule has 0 spiro atoms. The molecule has 1 saturated carbocycles. The summed E-state index contributed by atoms with van der Waals surface area (Å²) in [5.41, 5.74) is 0. The van der Waals surface area contributed by atoms with Gasteiger partial charge in [-0.2, -0.15) is 0 Å². The summed E-state index contributed by atoms with van der Waals surface area (Å²) in [6.45, 7) is 10.9. The molecule has 0 amide bonds. The van der Waals surface area contributed by atoms with Gasteiger partial charge < -0.3 is 5.32 Å². The molecule has 0 aliphatic heterocycles. The van der Waals surface area contributed by atoms with E-state index in [4.69, 9.17) is 0 Å². The van der Waals surface area contributed by atoms with E-state index in [1.54, 1.807) is 0 Å². The minimum absolute atomic E-state index is 0.948. The van der Waals surface area contributed by atoms with Crippen LogP contribution >= 0.6 is 0 Å². The lowest BCUT2D eigenvalue weighted by Crippen LogP contribution is -2.33. The number of hydrogen-bond donors (Lipinski definition) is 1. The third-order valence-electron chi connectivity index (χ3n) is 5.26. The average molecular weight is 294 g/mol. The van der Waals surface area contributed by atoms with E-state index < -0.39 is 0 Å². The van der Waals surface area contributed by atoms with Crippen molar-refractivity contribution in [2.45, 2.75) is 84.5 Å². The van der Waals surface area contributed by atoms with Crippen LogP contribution in [0.3, 0.4) is 0 Å². The molecule has 124 valence electrons. The number of rotatable bonds is 12. The molecule has 1 rings (SSSR count). The van der Waals surface area contributed by atoms with Crippen molar-refractivity contribution in [1.29, 1.82) is 0 Å². The van der Waals surface area contributed by atoms with Gasteiger partial charge in [0.2, 0.25) is 0 Å². The van der Waals surface area contributed by atoms with E-state index in [1.165, 1.54) is 83.7 Å². The second kappa shape index (κ2) is 12.3. The number of hydrogen-bond acceptors (Lipinski definition) is 1. The minimum Gasteiger partial charge on any atom is -0.316 e. The molecule has 1 aliphatic carbocycles. The van der Waals surface area contributed by atoms with Gasteiger partial charge in [0.25, 0.3) is 0 Å². The largest absolute Gasteiger partial charge is 0.316 e. The number of nitrogens with one attached hydrogen (secondary N) is 1. The van der Waals surface area contributed by atoms with Crippen molar-refractivity contribution in [3.63, 3.8) is 0 Å². The van der Waals surface area contributed by atoms with Crippen LogP contribution in [0.25, 0.3) is 0 Å². The summed E-state index contributed by atoms with van der Waals surface area (Å²) in [5.74, 6) is 2.96. The summed E-state index contributed by atoms with van der Waals surface area (Å²) in [4.78, 5) is 0. The van der Waals surface area contributed by atoms with Crippen LogP contribution < -0.4 is 5.32 Å². The van der Waals surface area contributed by atoms with Gasteiger partial charge in [-0.05, 0) is 62.9 Å². The van der Waals surface area contributed by atoms with E-state index in [0.717, 1.165) is 17.8 Å². The Hall–Kier alpha value is -0.300. The molecule has 0 aromatic heterocycles. The number of unbranched alkanes of at least 4 members (excludes halogenated alkanes) is 3. The maximum Gasteiger partial charge on any atom is -0.00179 e. The van der Waals surface area contributed by atoms with Crippen molar-refractivity contribution < 1.29 is 0 Å². The molecule has 0 aromatic rings. The Morgan fingerprint density at radius 2 is 1.86 bits per heavy atom. The zero-order chi connectivity index (χ0) is 15.3. The van der Waals surface area contributed by atoms with Gasteiger partial charge in [-0.15, -0.1) is 6.58 Å². The number of allylic oxidation sites excluding steroid dienone is 1. The maximum absolute atomic E-state index is 3.82. The fraction of sp³-hybridized carbons (Fsp3) is 0.900. The van der Waals surface area contributed by atoms with Crippen molar-refractivity contribution in [1.82, 2.24) is 5.32 Å². The predicted octanol–water partition coefficient (Wildman–Crippen LogP) is 5.96. The van der Waals surface area contributed by atoms with Gasteiger partial charge in [-0.25, -0.2) is 0 Å². The van der Waals surface area contributed by atoms with Gasteiger partial charge in [0.05, 0.1) is 0 Å². The SMILES string of the molecule is C=CCCCCCC1CC(CCC)CCC1CNCCC. The highest BCUT2D eigenvalue weighted by molar-refractivity contribution is 4.81. The van der Waals surface area contributed by atoms with E-state index in [1.807, 2.05) is 0 Å². The van der Waals surface area contributed by atoms with Gasteiger partial charge >= 0.3 is 0 Å². The van der Waals surface area contributed by atoms with Crippen LogP contribution in [0.4, 0.5) is 0 Å². The van der Waals surface area contributed by atoms with Crippen LogP contribution in [-0.2, 0) is 0 Å². The fourth-order valence-corrected chi connectivity index (χ4v) is 4.05. The smallest absolute Gasteiger partial charge is 0.00179 e. The topological polar surface area (TPSA) is 12.0 Å². The Labute approximate surface area is 134 Å².